The van der Waals surface area contributed by atoms with Gasteiger partial charge in [0.1, 0.15) is 0 Å². The van der Waals surface area contributed by atoms with Gasteiger partial charge in [0.2, 0.25) is 0 Å². The SMILES string of the molecule is Cc1ccc(N(c2ccc(C)cc2)c2ccc3c(c2)N(c2ccc(C(C)(C)C)cc2-c2ccccc2)c2cc(-c4ccc(C(C)(C)C)cc4)cc4c2B3c2ccc(N(c3ccc(C)cc3)c3ccccc3-c3ccccc3)cc2N4c2ccc(C(C)(C)C)cc2-c2ccccc2)cc1. The van der Waals surface area contributed by atoms with Gasteiger partial charge in [-0.3, -0.25) is 0 Å². The van der Waals surface area contributed by atoms with E-state index in [2.05, 4.69) is 400 Å². The standard InChI is InChI=1S/C93H85BN4/c1-62-32-44-73(45-33-62)95(74-46-34-63(2)35-47-74)76-50-52-81-86(60-76)97(84-54-42-71(92(7,8)9)58-79(84)67-26-18-14-19-27-67)88-56-69(65-38-40-70(41-39-65)91(4,5)6)57-89-90(88)94(81)82-53-51-77(61-87(82)98(89)85-55-43-72(93(10,11)12)59-80(85)68-28-20-15-21-29-68)96(75-48-36-64(3)37-49-75)83-31-23-22-30-78(83)66-24-16-13-17-25-66/h13-61H,1-12H3. The lowest BCUT2D eigenvalue weighted by molar-refractivity contribution is 0.590. The highest BCUT2D eigenvalue weighted by atomic mass is 15.2. The lowest BCUT2D eigenvalue weighted by Crippen LogP contribution is -2.61. The molecule has 2 aliphatic rings. The molecule has 0 unspecified atom stereocenters. The molecular weight excluding hydrogens is 1180 g/mol. The van der Waals surface area contributed by atoms with Gasteiger partial charge in [0, 0.05) is 67.9 Å². The molecule has 0 spiro atoms. The van der Waals surface area contributed by atoms with E-state index < -0.39 is 0 Å². The predicted molar refractivity (Wildman–Crippen MR) is 422 cm³/mol. The van der Waals surface area contributed by atoms with E-state index >= 15 is 0 Å². The lowest BCUT2D eigenvalue weighted by atomic mass is 9.33. The summed E-state index contributed by atoms with van der Waals surface area (Å²) in [5.41, 5.74) is 33.3. The smallest absolute Gasteiger partial charge is 0.252 e. The van der Waals surface area contributed by atoms with Crippen LogP contribution in [0.1, 0.15) is 95.7 Å². The van der Waals surface area contributed by atoms with Crippen molar-refractivity contribution in [2.75, 3.05) is 19.6 Å². The first-order valence-electron chi connectivity index (χ1n) is 34.8. The zero-order chi connectivity index (χ0) is 67.8. The summed E-state index contributed by atoms with van der Waals surface area (Å²) in [5, 5.41) is 0. The van der Waals surface area contributed by atoms with Crippen molar-refractivity contribution in [1.29, 1.82) is 0 Å². The molecule has 2 heterocycles. The first-order valence-corrected chi connectivity index (χ1v) is 34.8. The molecule has 5 heteroatoms. The molecule has 0 N–H and O–H groups in total. The van der Waals surface area contributed by atoms with Crippen molar-refractivity contribution in [2.24, 2.45) is 0 Å². The summed E-state index contributed by atoms with van der Waals surface area (Å²) in [6, 6.07) is 113. The third kappa shape index (κ3) is 11.8. The van der Waals surface area contributed by atoms with Crippen LogP contribution in [0.3, 0.4) is 0 Å². The Labute approximate surface area is 581 Å². The third-order valence-electron chi connectivity index (χ3n) is 20.1. The van der Waals surface area contributed by atoms with Gasteiger partial charge < -0.3 is 19.6 Å². The minimum atomic E-state index is -0.224. The Kier molecular flexibility index (Phi) is 16.1. The molecule has 0 saturated carbocycles. The Morgan fingerprint density at radius 2 is 0.612 bits per heavy atom. The van der Waals surface area contributed by atoms with Crippen LogP contribution in [0, 0.1) is 20.8 Å². The number of rotatable bonds is 12. The molecule has 15 rings (SSSR count). The fraction of sp³-hybridized carbons (Fsp3) is 0.161. The third-order valence-corrected chi connectivity index (χ3v) is 20.1. The molecule has 0 atom stereocenters. The number of aryl methyl sites for hydroxylation is 3. The van der Waals surface area contributed by atoms with Crippen LogP contribution in [-0.4, -0.2) is 6.71 Å². The zero-order valence-electron chi connectivity index (χ0n) is 58.7. The largest absolute Gasteiger partial charge is 0.311 e. The van der Waals surface area contributed by atoms with Crippen molar-refractivity contribution in [3.05, 3.63) is 331 Å². The first kappa shape index (κ1) is 63.2. The molecular formula is C93H85BN4. The number of nitrogens with zero attached hydrogens (tertiary/aromatic N) is 4. The second-order valence-corrected chi connectivity index (χ2v) is 30.1. The fourth-order valence-corrected chi connectivity index (χ4v) is 14.7. The van der Waals surface area contributed by atoms with E-state index in [0.717, 1.165) is 102 Å². The Morgan fingerprint density at radius 3 is 1.03 bits per heavy atom. The number of benzene rings is 13. The quantitative estimate of drug-likeness (QED) is 0.113. The van der Waals surface area contributed by atoms with Crippen molar-refractivity contribution < 1.29 is 0 Å². The van der Waals surface area contributed by atoms with Crippen molar-refractivity contribution in [1.82, 2.24) is 0 Å². The van der Waals surface area contributed by atoms with Gasteiger partial charge in [0.05, 0.1) is 17.1 Å². The average Bonchev–Trinajstić information content (AvgIpc) is 0.690. The van der Waals surface area contributed by atoms with Gasteiger partial charge in [0.25, 0.3) is 6.71 Å². The highest BCUT2D eigenvalue weighted by molar-refractivity contribution is 7.00. The van der Waals surface area contributed by atoms with Crippen molar-refractivity contribution in [2.45, 2.75) is 99.3 Å². The highest BCUT2D eigenvalue weighted by Gasteiger charge is 2.45. The van der Waals surface area contributed by atoms with E-state index in [0.29, 0.717) is 0 Å². The first-order chi connectivity index (χ1) is 47.2. The van der Waals surface area contributed by atoms with Crippen LogP contribution >= 0.6 is 0 Å². The second-order valence-electron chi connectivity index (χ2n) is 30.1. The van der Waals surface area contributed by atoms with Gasteiger partial charge in [-0.2, -0.15) is 0 Å². The van der Waals surface area contributed by atoms with Gasteiger partial charge in [0.15, 0.2) is 0 Å². The second kappa shape index (κ2) is 25.0. The summed E-state index contributed by atoms with van der Waals surface area (Å²) in [6.45, 7) is 27.2. The summed E-state index contributed by atoms with van der Waals surface area (Å²) in [5.74, 6) is 0. The van der Waals surface area contributed by atoms with Crippen LogP contribution in [-0.2, 0) is 16.2 Å². The molecule has 0 bridgehead atoms. The molecule has 0 fully saturated rings. The fourth-order valence-electron chi connectivity index (χ4n) is 14.7. The molecule has 0 aromatic heterocycles. The van der Waals surface area contributed by atoms with E-state index in [1.165, 1.54) is 60.9 Å². The topological polar surface area (TPSA) is 13.0 Å². The number of hydrogen-bond donors (Lipinski definition) is 0. The minimum absolute atomic E-state index is 0.0384. The highest BCUT2D eigenvalue weighted by Crippen LogP contribution is 2.53. The number of anilines is 12. The van der Waals surface area contributed by atoms with Crippen molar-refractivity contribution >= 4 is 91.3 Å². The van der Waals surface area contributed by atoms with Crippen LogP contribution in [0.15, 0.2) is 297 Å². The lowest BCUT2D eigenvalue weighted by Gasteiger charge is -2.46. The molecule has 0 radical (unpaired) electrons. The van der Waals surface area contributed by atoms with Crippen LogP contribution in [0.25, 0.3) is 44.5 Å². The molecule has 13 aromatic rings. The molecule has 2 aliphatic heterocycles. The number of fused-ring (bicyclic) bond motifs is 4. The molecule has 0 amide bonds. The van der Waals surface area contributed by atoms with Gasteiger partial charge in [-0.05, 0) is 201 Å². The van der Waals surface area contributed by atoms with Crippen LogP contribution in [0.4, 0.5) is 68.2 Å². The molecule has 0 aliphatic carbocycles. The maximum atomic E-state index is 2.65. The monoisotopic (exact) mass is 1270 g/mol. The van der Waals surface area contributed by atoms with Gasteiger partial charge in [-0.1, -0.05) is 273 Å². The van der Waals surface area contributed by atoms with Gasteiger partial charge >= 0.3 is 0 Å². The summed E-state index contributed by atoms with van der Waals surface area (Å²) in [6.07, 6.45) is 0. The summed E-state index contributed by atoms with van der Waals surface area (Å²) >= 11 is 0. The Hall–Kier alpha value is -10.9. The summed E-state index contributed by atoms with van der Waals surface area (Å²) in [4.78, 5) is 10.2. The van der Waals surface area contributed by atoms with Crippen molar-refractivity contribution in [3.8, 4) is 44.5 Å². The van der Waals surface area contributed by atoms with Crippen LogP contribution < -0.4 is 36.0 Å². The summed E-state index contributed by atoms with van der Waals surface area (Å²) in [7, 11) is 0. The molecule has 480 valence electrons. The van der Waals surface area contributed by atoms with Gasteiger partial charge in [-0.25, -0.2) is 0 Å². The molecule has 0 saturated heterocycles. The maximum absolute atomic E-state index is 2.65. The Balaban J connectivity index is 1.10. The van der Waals surface area contributed by atoms with Crippen LogP contribution in [0.5, 0.6) is 0 Å². The van der Waals surface area contributed by atoms with Crippen LogP contribution in [0.2, 0.25) is 0 Å². The maximum Gasteiger partial charge on any atom is 0.252 e. The summed E-state index contributed by atoms with van der Waals surface area (Å²) < 4.78 is 0. The van der Waals surface area contributed by atoms with Crippen molar-refractivity contribution in [3.63, 3.8) is 0 Å². The van der Waals surface area contributed by atoms with E-state index in [9.17, 15) is 0 Å². The molecule has 98 heavy (non-hydrogen) atoms. The molecule has 13 aromatic carbocycles. The average molecular weight is 1270 g/mol. The Morgan fingerprint density at radius 1 is 0.255 bits per heavy atom. The van der Waals surface area contributed by atoms with E-state index in [1.807, 2.05) is 0 Å². The number of para-hydroxylation sites is 1. The predicted octanol–water partition coefficient (Wildman–Crippen LogP) is 24.2. The van der Waals surface area contributed by atoms with E-state index in [-0.39, 0.29) is 23.0 Å². The number of hydrogen-bond acceptors (Lipinski definition) is 4. The normalized spacial score (nSPS) is 12.6. The van der Waals surface area contributed by atoms with E-state index in [1.54, 1.807) is 0 Å². The zero-order valence-corrected chi connectivity index (χ0v) is 58.7. The van der Waals surface area contributed by atoms with Gasteiger partial charge in [-0.15, -0.1) is 0 Å². The Bertz CT molecular complexity index is 5050. The molecule has 4 nitrogen and oxygen atoms in total. The minimum Gasteiger partial charge on any atom is -0.311 e. The van der Waals surface area contributed by atoms with E-state index in [4.69, 9.17) is 0 Å².